The van der Waals surface area contributed by atoms with E-state index in [0.717, 1.165) is 28.1 Å². The molecule has 0 saturated carbocycles. The fourth-order valence-electron chi connectivity index (χ4n) is 4.06. The van der Waals surface area contributed by atoms with E-state index in [2.05, 4.69) is 9.89 Å². The summed E-state index contributed by atoms with van der Waals surface area (Å²) in [5.41, 5.74) is 1.16. The van der Waals surface area contributed by atoms with Gasteiger partial charge >= 0.3 is 12.1 Å². The molecule has 1 aliphatic rings. The van der Waals surface area contributed by atoms with Crippen LogP contribution in [0.25, 0.3) is 12.2 Å². The third-order valence-electron chi connectivity index (χ3n) is 6.09. The van der Waals surface area contributed by atoms with Crippen molar-refractivity contribution in [2.24, 2.45) is 0 Å². The first-order chi connectivity index (χ1) is 17.9. The van der Waals surface area contributed by atoms with Crippen LogP contribution in [-0.2, 0) is 25.7 Å². The van der Waals surface area contributed by atoms with Crippen molar-refractivity contribution in [1.29, 1.82) is 0 Å². The number of rotatable bonds is 7. The maximum absolute atomic E-state index is 13.7. The summed E-state index contributed by atoms with van der Waals surface area (Å²) in [6.45, 7) is 3.34. The molecule has 0 fully saturated rings. The smallest absolute Gasteiger partial charge is 0.416 e. The number of aromatic nitrogens is 1. The number of methoxy groups -OCH3 is 1. The van der Waals surface area contributed by atoms with E-state index >= 15 is 0 Å². The fourth-order valence-corrected chi connectivity index (χ4v) is 5.60. The Morgan fingerprint density at radius 2 is 1.95 bits per heavy atom. The first kappa shape index (κ1) is 27.2. The Kier molecular flexibility index (Phi) is 7.54. The quantitative estimate of drug-likeness (QED) is 0.364. The number of anilines is 1. The molecule has 0 N–H and O–H groups in total. The van der Waals surface area contributed by atoms with Crippen LogP contribution in [0.5, 0.6) is 5.75 Å². The zero-order valence-electron chi connectivity index (χ0n) is 20.8. The maximum atomic E-state index is 13.7. The number of esters is 1. The van der Waals surface area contributed by atoms with E-state index in [1.165, 1.54) is 7.11 Å². The summed E-state index contributed by atoms with van der Waals surface area (Å²) in [4.78, 5) is 11.1. The van der Waals surface area contributed by atoms with Gasteiger partial charge in [0.05, 0.1) is 35.5 Å². The van der Waals surface area contributed by atoms with Crippen molar-refractivity contribution in [2.75, 3.05) is 18.0 Å². The Bertz CT molecular complexity index is 1460. The molecule has 202 valence electrons. The second kappa shape index (κ2) is 10.5. The Labute approximate surface area is 217 Å². The lowest BCUT2D eigenvalue weighted by molar-refractivity contribution is -0.141. The Morgan fingerprint density at radius 1 is 1.18 bits per heavy atom. The van der Waals surface area contributed by atoms with Crippen molar-refractivity contribution in [3.63, 3.8) is 0 Å². The number of benzene rings is 2. The molecule has 2 aromatic carbocycles. The summed E-state index contributed by atoms with van der Waals surface area (Å²) >= 11 is 0. The molecule has 2 heterocycles. The molecule has 4 rings (SSSR count). The number of sulfonamides is 1. The van der Waals surface area contributed by atoms with Crippen LogP contribution in [0.15, 0.2) is 51.9 Å². The van der Waals surface area contributed by atoms with Crippen molar-refractivity contribution in [3.8, 4) is 5.75 Å². The lowest BCUT2D eigenvalue weighted by Crippen LogP contribution is -2.43. The summed E-state index contributed by atoms with van der Waals surface area (Å²) in [6.07, 6.45) is -1.80. The van der Waals surface area contributed by atoms with E-state index in [0.29, 0.717) is 23.1 Å². The normalized spacial score (nSPS) is 15.8. The highest BCUT2D eigenvalue weighted by molar-refractivity contribution is 7.92. The number of carbonyl (C=O) groups is 1. The molecule has 0 spiro atoms. The highest BCUT2D eigenvalue weighted by atomic mass is 32.2. The summed E-state index contributed by atoms with van der Waals surface area (Å²) < 4.78 is 84.2. The highest BCUT2D eigenvalue weighted by Gasteiger charge is 2.37. The van der Waals surface area contributed by atoms with Crippen molar-refractivity contribution in [2.45, 2.75) is 43.9 Å². The lowest BCUT2D eigenvalue weighted by atomic mass is 10.1. The SMILES string of the molecule is COC(=O)CC[C@H]1CN(S(=O)(=O)c2cccc(C(F)(F)F)c2)c2cc(/C=C/c3c(C)noc3C)ccc2O1. The largest absolute Gasteiger partial charge is 0.486 e. The van der Waals surface area contributed by atoms with Crippen LogP contribution in [-0.4, -0.2) is 39.3 Å². The van der Waals surface area contributed by atoms with E-state index in [1.54, 1.807) is 44.2 Å². The molecule has 1 aliphatic heterocycles. The number of ether oxygens (including phenoxy) is 2. The molecule has 0 bridgehead atoms. The van der Waals surface area contributed by atoms with Crippen molar-refractivity contribution < 1.29 is 40.4 Å². The summed E-state index contributed by atoms with van der Waals surface area (Å²) in [5, 5.41) is 3.90. The topological polar surface area (TPSA) is 98.9 Å². The number of aryl methyl sites for hydroxylation is 2. The van der Waals surface area contributed by atoms with E-state index in [-0.39, 0.29) is 30.8 Å². The first-order valence-corrected chi connectivity index (χ1v) is 13.0. The molecule has 8 nitrogen and oxygen atoms in total. The van der Waals surface area contributed by atoms with Crippen LogP contribution < -0.4 is 9.04 Å². The fraction of sp³-hybridized carbons (Fsp3) is 0.308. The predicted octanol–water partition coefficient (Wildman–Crippen LogP) is 5.39. The van der Waals surface area contributed by atoms with E-state index < -0.39 is 38.7 Å². The molecule has 1 aromatic heterocycles. The van der Waals surface area contributed by atoms with Gasteiger partial charge in [0.15, 0.2) is 0 Å². The predicted molar refractivity (Wildman–Crippen MR) is 133 cm³/mol. The van der Waals surface area contributed by atoms with Gasteiger partial charge in [-0.2, -0.15) is 13.2 Å². The monoisotopic (exact) mass is 550 g/mol. The van der Waals surface area contributed by atoms with Gasteiger partial charge in [-0.3, -0.25) is 9.10 Å². The standard InChI is InChI=1S/C26H25F3N2O6S/c1-16-22(17(2)37-30-16)10-7-18-8-11-24-23(13-18)31(15-20(36-24)9-12-25(32)35-3)38(33,34)21-6-4-5-19(14-21)26(27,28)29/h4-8,10-11,13-14,20H,9,12,15H2,1-3H3/b10-7+/t20-/m0/s1. The van der Waals surface area contributed by atoms with Gasteiger partial charge in [0, 0.05) is 12.0 Å². The Morgan fingerprint density at radius 3 is 2.61 bits per heavy atom. The van der Waals surface area contributed by atoms with Crippen molar-refractivity contribution in [3.05, 3.63) is 70.6 Å². The molecule has 0 radical (unpaired) electrons. The molecule has 1 atom stereocenters. The van der Waals surface area contributed by atoms with Gasteiger partial charge in [0.1, 0.15) is 17.6 Å². The molecule has 0 aliphatic carbocycles. The number of halogens is 3. The van der Waals surface area contributed by atoms with Gasteiger partial charge in [0.25, 0.3) is 10.0 Å². The van der Waals surface area contributed by atoms with Crippen molar-refractivity contribution in [1.82, 2.24) is 5.16 Å². The molecule has 0 saturated heterocycles. The number of hydrogen-bond acceptors (Lipinski definition) is 7. The molecule has 0 amide bonds. The second-order valence-electron chi connectivity index (χ2n) is 8.71. The van der Waals surface area contributed by atoms with Crippen LogP contribution >= 0.6 is 0 Å². The average Bonchev–Trinajstić information content (AvgIpc) is 3.21. The number of carbonyl (C=O) groups excluding carboxylic acids is 1. The maximum Gasteiger partial charge on any atom is 0.416 e. The number of alkyl halides is 3. The van der Waals surface area contributed by atoms with Gasteiger partial charge in [-0.25, -0.2) is 8.42 Å². The van der Waals surface area contributed by atoms with Crippen LogP contribution in [0, 0.1) is 13.8 Å². The lowest BCUT2D eigenvalue weighted by Gasteiger charge is -2.35. The minimum Gasteiger partial charge on any atom is -0.486 e. The van der Waals surface area contributed by atoms with Crippen LogP contribution in [0.4, 0.5) is 18.9 Å². The molecular formula is C26H25F3N2O6S. The molecule has 0 unspecified atom stereocenters. The second-order valence-corrected chi connectivity index (χ2v) is 10.6. The third kappa shape index (κ3) is 5.69. The molecule has 3 aromatic rings. The van der Waals surface area contributed by atoms with Gasteiger partial charge in [-0.1, -0.05) is 23.4 Å². The number of nitrogens with zero attached hydrogens (tertiary/aromatic N) is 2. The first-order valence-electron chi connectivity index (χ1n) is 11.6. The van der Waals surface area contributed by atoms with Gasteiger partial charge in [-0.05, 0) is 62.2 Å². The zero-order chi connectivity index (χ0) is 27.7. The van der Waals surface area contributed by atoms with E-state index in [1.807, 2.05) is 0 Å². The van der Waals surface area contributed by atoms with Gasteiger partial charge < -0.3 is 14.0 Å². The molecule has 38 heavy (non-hydrogen) atoms. The van der Waals surface area contributed by atoms with Crippen LogP contribution in [0.2, 0.25) is 0 Å². The zero-order valence-corrected chi connectivity index (χ0v) is 21.6. The van der Waals surface area contributed by atoms with E-state index in [4.69, 9.17) is 9.26 Å². The van der Waals surface area contributed by atoms with Gasteiger partial charge in [-0.15, -0.1) is 0 Å². The van der Waals surface area contributed by atoms with Crippen LogP contribution in [0.1, 0.15) is 41.0 Å². The van der Waals surface area contributed by atoms with Gasteiger partial charge in [0.2, 0.25) is 0 Å². The van der Waals surface area contributed by atoms with Crippen LogP contribution in [0.3, 0.4) is 0 Å². The average molecular weight is 551 g/mol. The minimum absolute atomic E-state index is 0.0216. The summed E-state index contributed by atoms with van der Waals surface area (Å²) in [7, 11) is -3.20. The van der Waals surface area contributed by atoms with Crippen molar-refractivity contribution >= 4 is 33.8 Å². The van der Waals surface area contributed by atoms with E-state index in [9.17, 15) is 26.4 Å². The molecule has 12 heteroatoms. The summed E-state index contributed by atoms with van der Waals surface area (Å²) in [5.74, 6) is 0.338. The Hall–Kier alpha value is -3.80. The minimum atomic E-state index is -4.71. The Balaban J connectivity index is 1.75. The number of hydrogen-bond donors (Lipinski definition) is 0. The highest BCUT2D eigenvalue weighted by Crippen LogP contribution is 2.40. The third-order valence-corrected chi connectivity index (χ3v) is 7.87. The molecular weight excluding hydrogens is 525 g/mol. The number of fused-ring (bicyclic) bond motifs is 1. The summed E-state index contributed by atoms with van der Waals surface area (Å²) in [6, 6.07) is 8.45.